The fourth-order valence-electron chi connectivity index (χ4n) is 2.63. The maximum atomic E-state index is 12.1. The van der Waals surface area contributed by atoms with Crippen molar-refractivity contribution in [2.45, 2.75) is 30.4 Å². The number of hydrogen-bond donors (Lipinski definition) is 0. The summed E-state index contributed by atoms with van der Waals surface area (Å²) < 4.78 is 36.8. The third-order valence-electron chi connectivity index (χ3n) is 3.82. The molecule has 23 heavy (non-hydrogen) atoms. The molecule has 2 aromatic rings. The minimum atomic E-state index is -3.64. The van der Waals surface area contributed by atoms with Crippen LogP contribution in [0.2, 0.25) is 0 Å². The largest absolute Gasteiger partial charge is 0.461 e. The zero-order chi connectivity index (χ0) is 16.9. The second kappa shape index (κ2) is 5.20. The van der Waals surface area contributed by atoms with E-state index in [9.17, 15) is 18.0 Å². The molecule has 0 aliphatic carbocycles. The smallest absolute Gasteiger partial charge is 0.420 e. The lowest BCUT2D eigenvalue weighted by Gasteiger charge is -2.11. The second-order valence-corrected chi connectivity index (χ2v) is 7.81. The summed E-state index contributed by atoms with van der Waals surface area (Å²) in [5.41, 5.74) is 0.481. The molecule has 0 bridgehead atoms. The second-order valence-electron chi connectivity index (χ2n) is 5.65. The number of esters is 1. The van der Waals surface area contributed by atoms with Crippen molar-refractivity contribution in [2.24, 2.45) is 0 Å². The predicted octanol–water partition coefficient (Wildman–Crippen LogP) is 0.721. The molecule has 8 nitrogen and oxygen atoms in total. The number of carbonyl (C=O) groups excluding carboxylic acids is 1. The standard InChI is InChI=1S/C14H16N2O6S/c1-8-6-11(13(17)21-8)16-10-5-4-9(23(19,20)15(2)3)7-12(10)22-14(16)18/h4-5,7-8,11H,6H2,1-3H3/t8-,11-/m1/s1. The molecule has 3 rings (SSSR count). The summed E-state index contributed by atoms with van der Waals surface area (Å²) in [6.45, 7) is 1.74. The number of benzene rings is 1. The summed E-state index contributed by atoms with van der Waals surface area (Å²) in [5.74, 6) is -1.21. The average molecular weight is 340 g/mol. The highest BCUT2D eigenvalue weighted by molar-refractivity contribution is 7.89. The molecular formula is C14H16N2O6S. The van der Waals surface area contributed by atoms with Crippen LogP contribution in [-0.4, -0.2) is 43.5 Å². The van der Waals surface area contributed by atoms with Gasteiger partial charge < -0.3 is 9.15 Å². The Labute approximate surface area is 132 Å². The van der Waals surface area contributed by atoms with Crippen molar-refractivity contribution in [3.8, 4) is 0 Å². The lowest BCUT2D eigenvalue weighted by atomic mass is 10.2. The molecule has 2 atom stereocenters. The molecule has 0 N–H and O–H groups in total. The number of sulfonamides is 1. The van der Waals surface area contributed by atoms with Gasteiger partial charge in [-0.25, -0.2) is 22.3 Å². The minimum absolute atomic E-state index is 0.0123. The van der Waals surface area contributed by atoms with E-state index >= 15 is 0 Å². The van der Waals surface area contributed by atoms with Gasteiger partial charge in [0.25, 0.3) is 0 Å². The highest BCUT2D eigenvalue weighted by Crippen LogP contribution is 2.29. The summed E-state index contributed by atoms with van der Waals surface area (Å²) in [6, 6.07) is 3.38. The first-order valence-corrected chi connectivity index (χ1v) is 8.44. The van der Waals surface area contributed by atoms with Crippen molar-refractivity contribution in [3.05, 3.63) is 28.7 Å². The summed E-state index contributed by atoms with van der Waals surface area (Å²) >= 11 is 0. The van der Waals surface area contributed by atoms with Gasteiger partial charge in [0.1, 0.15) is 12.1 Å². The molecule has 1 aliphatic rings. The van der Waals surface area contributed by atoms with Crippen LogP contribution in [0.25, 0.3) is 11.1 Å². The summed E-state index contributed by atoms with van der Waals surface area (Å²) in [6.07, 6.45) is 0.0863. The Morgan fingerprint density at radius 1 is 1.26 bits per heavy atom. The van der Waals surface area contributed by atoms with Crippen LogP contribution in [0.15, 0.2) is 32.3 Å². The van der Waals surface area contributed by atoms with Crippen LogP contribution in [0.1, 0.15) is 19.4 Å². The quantitative estimate of drug-likeness (QED) is 0.764. The molecule has 9 heteroatoms. The molecule has 0 amide bonds. The van der Waals surface area contributed by atoms with Gasteiger partial charge in [0.15, 0.2) is 5.58 Å². The molecule has 1 fully saturated rings. The van der Waals surface area contributed by atoms with Gasteiger partial charge in [-0.05, 0) is 19.1 Å². The Kier molecular flexibility index (Phi) is 3.56. The van der Waals surface area contributed by atoms with Crippen molar-refractivity contribution < 1.29 is 22.4 Å². The Morgan fingerprint density at radius 3 is 2.52 bits per heavy atom. The Bertz CT molecular complexity index is 940. The molecule has 1 saturated heterocycles. The Hall–Kier alpha value is -2.13. The topological polar surface area (TPSA) is 98.8 Å². The summed E-state index contributed by atoms with van der Waals surface area (Å²) in [4.78, 5) is 24.0. The third-order valence-corrected chi connectivity index (χ3v) is 5.63. The van der Waals surface area contributed by atoms with Crippen LogP contribution in [0.3, 0.4) is 0 Å². The lowest BCUT2D eigenvalue weighted by Crippen LogP contribution is -2.24. The molecule has 1 aliphatic heterocycles. The zero-order valence-electron chi connectivity index (χ0n) is 12.8. The molecule has 1 aromatic carbocycles. The van der Waals surface area contributed by atoms with E-state index in [2.05, 4.69) is 0 Å². The van der Waals surface area contributed by atoms with E-state index < -0.39 is 27.8 Å². The summed E-state index contributed by atoms with van der Waals surface area (Å²) in [5, 5.41) is 0. The number of nitrogens with zero attached hydrogens (tertiary/aromatic N) is 2. The zero-order valence-corrected chi connectivity index (χ0v) is 13.7. The van der Waals surface area contributed by atoms with Crippen molar-refractivity contribution in [2.75, 3.05) is 14.1 Å². The van der Waals surface area contributed by atoms with E-state index in [0.717, 1.165) is 4.31 Å². The number of hydrogen-bond acceptors (Lipinski definition) is 6. The van der Waals surface area contributed by atoms with Crippen molar-refractivity contribution in [1.82, 2.24) is 8.87 Å². The highest BCUT2D eigenvalue weighted by Gasteiger charge is 2.36. The first-order chi connectivity index (χ1) is 10.7. The number of cyclic esters (lactones) is 1. The van der Waals surface area contributed by atoms with E-state index in [1.807, 2.05) is 0 Å². The maximum absolute atomic E-state index is 12.1. The highest BCUT2D eigenvalue weighted by atomic mass is 32.2. The van der Waals surface area contributed by atoms with E-state index in [0.29, 0.717) is 11.9 Å². The van der Waals surface area contributed by atoms with Crippen LogP contribution in [0.5, 0.6) is 0 Å². The average Bonchev–Trinajstić information content (AvgIpc) is 2.95. The van der Waals surface area contributed by atoms with Gasteiger partial charge in [0.2, 0.25) is 10.0 Å². The van der Waals surface area contributed by atoms with Crippen LogP contribution >= 0.6 is 0 Å². The van der Waals surface area contributed by atoms with Gasteiger partial charge in [-0.15, -0.1) is 0 Å². The van der Waals surface area contributed by atoms with Gasteiger partial charge in [-0.2, -0.15) is 0 Å². The summed E-state index contributed by atoms with van der Waals surface area (Å²) in [7, 11) is -0.813. The number of oxazole rings is 1. The predicted molar refractivity (Wildman–Crippen MR) is 80.6 cm³/mol. The molecule has 0 radical (unpaired) electrons. The number of carbonyl (C=O) groups is 1. The molecular weight excluding hydrogens is 324 g/mol. The van der Waals surface area contributed by atoms with E-state index in [1.165, 1.54) is 36.9 Å². The molecule has 2 heterocycles. The van der Waals surface area contributed by atoms with Gasteiger partial charge in [0, 0.05) is 26.6 Å². The van der Waals surface area contributed by atoms with Crippen LogP contribution in [-0.2, 0) is 19.6 Å². The van der Waals surface area contributed by atoms with Crippen molar-refractivity contribution >= 4 is 27.1 Å². The monoisotopic (exact) mass is 340 g/mol. The van der Waals surface area contributed by atoms with Gasteiger partial charge in [-0.3, -0.25) is 4.57 Å². The first kappa shape index (κ1) is 15.8. The third kappa shape index (κ3) is 2.45. The number of rotatable bonds is 3. The lowest BCUT2D eigenvalue weighted by molar-refractivity contribution is -0.143. The fraction of sp³-hybridized carbons (Fsp3) is 0.429. The Balaban J connectivity index is 2.15. The van der Waals surface area contributed by atoms with Crippen molar-refractivity contribution in [1.29, 1.82) is 0 Å². The van der Waals surface area contributed by atoms with Gasteiger partial charge >= 0.3 is 11.7 Å². The molecule has 0 spiro atoms. The normalized spacial score (nSPS) is 22.0. The molecule has 124 valence electrons. The number of ether oxygens (including phenoxy) is 1. The van der Waals surface area contributed by atoms with Crippen LogP contribution < -0.4 is 5.76 Å². The SMILES string of the molecule is C[C@@H]1C[C@@H](n2c(=O)oc3cc(S(=O)(=O)N(C)C)ccc32)C(=O)O1. The number of fused-ring (bicyclic) bond motifs is 1. The molecule has 0 unspecified atom stereocenters. The Morgan fingerprint density at radius 2 is 1.96 bits per heavy atom. The van der Waals surface area contributed by atoms with E-state index in [-0.39, 0.29) is 16.6 Å². The first-order valence-electron chi connectivity index (χ1n) is 7.00. The maximum Gasteiger partial charge on any atom is 0.420 e. The van der Waals surface area contributed by atoms with Crippen molar-refractivity contribution in [3.63, 3.8) is 0 Å². The molecule has 0 saturated carbocycles. The van der Waals surface area contributed by atoms with Gasteiger partial charge in [-0.1, -0.05) is 0 Å². The van der Waals surface area contributed by atoms with Crippen LogP contribution in [0.4, 0.5) is 0 Å². The minimum Gasteiger partial charge on any atom is -0.461 e. The fourth-order valence-corrected chi connectivity index (χ4v) is 3.55. The van der Waals surface area contributed by atoms with E-state index in [1.54, 1.807) is 6.92 Å². The molecule has 1 aromatic heterocycles. The number of aromatic nitrogens is 1. The van der Waals surface area contributed by atoms with E-state index in [4.69, 9.17) is 9.15 Å². The van der Waals surface area contributed by atoms with Crippen LogP contribution in [0, 0.1) is 0 Å². The van der Waals surface area contributed by atoms with Gasteiger partial charge in [0.05, 0.1) is 10.4 Å².